The Balaban J connectivity index is 1.55. The van der Waals surface area contributed by atoms with Crippen molar-refractivity contribution in [3.8, 4) is 11.5 Å². The van der Waals surface area contributed by atoms with Crippen molar-refractivity contribution in [2.75, 3.05) is 38.0 Å². The SMILES string of the molecule is COc1cc(C(CC(=O)O)c2ccc(C)c(CN3CC(C)Oc4cc(CCCCNC(C)=O)ccc4S3)c2)cc(N)c1N(C)N. The van der Waals surface area contributed by atoms with Gasteiger partial charge in [-0.3, -0.25) is 9.59 Å². The fourth-order valence-electron chi connectivity index (χ4n) is 5.67. The molecule has 1 heterocycles. The second-order valence-corrected chi connectivity index (χ2v) is 12.8. The average Bonchev–Trinajstić information content (AvgIpc) is 3.12. The number of aliphatic carboxylic acids is 1. The summed E-state index contributed by atoms with van der Waals surface area (Å²) in [5.74, 6) is 6.02. The number of nitrogens with one attached hydrogen (secondary N) is 1. The molecule has 2 atom stereocenters. The van der Waals surface area contributed by atoms with Crippen molar-refractivity contribution in [1.82, 2.24) is 9.62 Å². The molecule has 1 aliphatic rings. The van der Waals surface area contributed by atoms with E-state index < -0.39 is 11.9 Å². The highest BCUT2D eigenvalue weighted by atomic mass is 32.2. The summed E-state index contributed by atoms with van der Waals surface area (Å²) >= 11 is 1.68. The number of hydrogen-bond acceptors (Lipinski definition) is 9. The maximum absolute atomic E-state index is 12.0. The number of hydrazine groups is 1. The van der Waals surface area contributed by atoms with Gasteiger partial charge in [0.1, 0.15) is 23.3 Å². The van der Waals surface area contributed by atoms with Crippen LogP contribution in [0.3, 0.4) is 0 Å². The van der Waals surface area contributed by atoms with Crippen LogP contribution in [0.4, 0.5) is 11.4 Å². The van der Waals surface area contributed by atoms with E-state index in [0.717, 1.165) is 58.7 Å². The van der Waals surface area contributed by atoms with Crippen LogP contribution in [0.25, 0.3) is 0 Å². The molecule has 3 aromatic carbocycles. The van der Waals surface area contributed by atoms with E-state index in [9.17, 15) is 14.7 Å². The summed E-state index contributed by atoms with van der Waals surface area (Å²) < 4.78 is 14.2. The number of nitrogens with zero attached hydrogens (tertiary/aromatic N) is 2. The quantitative estimate of drug-likeness (QED) is 0.0646. The second-order valence-electron chi connectivity index (χ2n) is 11.7. The van der Waals surface area contributed by atoms with E-state index >= 15 is 0 Å². The first-order valence-electron chi connectivity index (χ1n) is 15.2. The van der Waals surface area contributed by atoms with Crippen LogP contribution in [0.2, 0.25) is 0 Å². The van der Waals surface area contributed by atoms with Crippen LogP contribution in [0.5, 0.6) is 11.5 Å². The number of aryl methyl sites for hydroxylation is 2. The molecule has 1 aliphatic heterocycles. The van der Waals surface area contributed by atoms with Crippen LogP contribution in [0, 0.1) is 6.92 Å². The highest BCUT2D eigenvalue weighted by molar-refractivity contribution is 7.97. The van der Waals surface area contributed by atoms with Gasteiger partial charge in [-0.05, 0) is 97.1 Å². The van der Waals surface area contributed by atoms with Gasteiger partial charge in [-0.2, -0.15) is 0 Å². The Morgan fingerprint density at radius 2 is 1.96 bits per heavy atom. The number of amides is 1. The standard InChI is InChI=1S/C34H45N5O5S/c1-21-9-11-25(28(18-33(41)42)26-16-29(35)34(38(4)36)31(17-26)43-5)15-27(21)20-39-19-22(2)44-30-14-24(10-12-32(30)45-39)8-6-7-13-37-23(3)40/h9-12,14-17,22,28H,6-8,13,18-20,35-36H2,1-5H3,(H,37,40)(H,41,42). The summed E-state index contributed by atoms with van der Waals surface area (Å²) in [6.45, 7) is 7.76. The third-order valence-corrected chi connectivity index (χ3v) is 8.96. The predicted octanol–water partition coefficient (Wildman–Crippen LogP) is 5.25. The molecule has 4 rings (SSSR count). The number of benzene rings is 3. The number of unbranched alkanes of at least 4 members (excludes halogenated alkanes) is 1. The summed E-state index contributed by atoms with van der Waals surface area (Å²) in [4.78, 5) is 24.2. The maximum atomic E-state index is 12.0. The highest BCUT2D eigenvalue weighted by Gasteiger charge is 2.25. The van der Waals surface area contributed by atoms with E-state index in [-0.39, 0.29) is 18.4 Å². The molecule has 0 bridgehead atoms. The highest BCUT2D eigenvalue weighted by Crippen LogP contribution is 2.41. The van der Waals surface area contributed by atoms with Gasteiger partial charge in [0.05, 0.1) is 24.1 Å². The number of fused-ring (bicyclic) bond motifs is 1. The van der Waals surface area contributed by atoms with Crippen LogP contribution in [0.15, 0.2) is 53.4 Å². The van der Waals surface area contributed by atoms with Gasteiger partial charge >= 0.3 is 5.97 Å². The van der Waals surface area contributed by atoms with Crippen molar-refractivity contribution in [3.63, 3.8) is 0 Å². The molecule has 1 amide bonds. The Labute approximate surface area is 270 Å². The molecule has 11 heteroatoms. The van der Waals surface area contributed by atoms with Crippen molar-refractivity contribution >= 4 is 35.2 Å². The number of carboxylic acid groups (broad SMARTS) is 1. The second kappa shape index (κ2) is 15.4. The Kier molecular flexibility index (Phi) is 11.6. The number of nitrogens with two attached hydrogens (primary N) is 2. The van der Waals surface area contributed by atoms with E-state index in [0.29, 0.717) is 30.2 Å². The number of rotatable bonds is 13. The molecule has 3 aromatic rings. The molecular formula is C34H45N5O5S. The number of carboxylic acids is 1. The number of methoxy groups -OCH3 is 1. The number of carbonyl (C=O) groups excluding carboxylic acids is 1. The summed E-state index contributed by atoms with van der Waals surface area (Å²) in [7, 11) is 3.22. The van der Waals surface area contributed by atoms with Gasteiger partial charge in [-0.25, -0.2) is 10.1 Å². The van der Waals surface area contributed by atoms with Crippen LogP contribution in [-0.2, 0) is 22.6 Å². The Hall–Kier alpha value is -3.93. The smallest absolute Gasteiger partial charge is 0.304 e. The zero-order valence-corrected chi connectivity index (χ0v) is 27.6. The van der Waals surface area contributed by atoms with Gasteiger partial charge < -0.3 is 30.6 Å². The fraction of sp³-hybridized carbons (Fsp3) is 0.412. The lowest BCUT2D eigenvalue weighted by atomic mass is 9.86. The van der Waals surface area contributed by atoms with E-state index in [1.165, 1.54) is 17.5 Å². The van der Waals surface area contributed by atoms with E-state index in [4.69, 9.17) is 21.1 Å². The molecule has 0 aliphatic carbocycles. The molecule has 6 N–H and O–H groups in total. The average molecular weight is 636 g/mol. The van der Waals surface area contributed by atoms with Crippen LogP contribution in [0.1, 0.15) is 66.8 Å². The predicted molar refractivity (Wildman–Crippen MR) is 180 cm³/mol. The summed E-state index contributed by atoms with van der Waals surface area (Å²) in [5, 5.41) is 14.1. The van der Waals surface area contributed by atoms with Crippen molar-refractivity contribution in [2.24, 2.45) is 5.84 Å². The minimum absolute atomic E-state index is 0.00247. The van der Waals surface area contributed by atoms with Gasteiger partial charge in [-0.1, -0.05) is 24.3 Å². The lowest BCUT2D eigenvalue weighted by Gasteiger charge is -2.25. The fourth-order valence-corrected chi connectivity index (χ4v) is 6.76. The lowest BCUT2D eigenvalue weighted by molar-refractivity contribution is -0.137. The first-order valence-corrected chi connectivity index (χ1v) is 16.0. The van der Waals surface area contributed by atoms with Gasteiger partial charge in [0, 0.05) is 39.5 Å². The van der Waals surface area contributed by atoms with Crippen molar-refractivity contribution < 1.29 is 24.2 Å². The molecule has 0 radical (unpaired) electrons. The topological polar surface area (TPSA) is 143 Å². The van der Waals surface area contributed by atoms with Gasteiger partial charge in [0.15, 0.2) is 0 Å². The summed E-state index contributed by atoms with van der Waals surface area (Å²) in [6, 6.07) is 16.2. The molecule has 0 fully saturated rings. The van der Waals surface area contributed by atoms with Crippen LogP contribution in [-0.4, -0.2) is 54.6 Å². The molecule has 45 heavy (non-hydrogen) atoms. The molecule has 242 valence electrons. The third-order valence-electron chi connectivity index (χ3n) is 7.89. The number of anilines is 2. The van der Waals surface area contributed by atoms with Gasteiger partial charge in [-0.15, -0.1) is 0 Å². The molecule has 0 saturated heterocycles. The summed E-state index contributed by atoms with van der Waals surface area (Å²) in [5.41, 5.74) is 12.4. The van der Waals surface area contributed by atoms with E-state index in [1.54, 1.807) is 32.2 Å². The monoisotopic (exact) mass is 635 g/mol. The molecular weight excluding hydrogens is 590 g/mol. The lowest BCUT2D eigenvalue weighted by Crippen LogP contribution is -2.27. The molecule has 2 unspecified atom stereocenters. The van der Waals surface area contributed by atoms with E-state index in [1.807, 2.05) is 12.1 Å². The minimum atomic E-state index is -0.905. The number of carbonyl (C=O) groups is 2. The van der Waals surface area contributed by atoms with Crippen LogP contribution >= 0.6 is 11.9 Å². The normalized spacial score (nSPS) is 15.4. The van der Waals surface area contributed by atoms with Crippen LogP contribution < -0.4 is 31.4 Å². The number of hydrogen-bond donors (Lipinski definition) is 4. The number of nitrogen functional groups attached to an aromatic ring is 1. The zero-order chi connectivity index (χ0) is 32.7. The van der Waals surface area contributed by atoms with Gasteiger partial charge in [0.25, 0.3) is 0 Å². The molecule has 0 saturated carbocycles. The van der Waals surface area contributed by atoms with Gasteiger partial charge in [0.2, 0.25) is 5.91 Å². The molecule has 0 aromatic heterocycles. The Bertz CT molecular complexity index is 1510. The Morgan fingerprint density at radius 3 is 2.64 bits per heavy atom. The van der Waals surface area contributed by atoms with Crippen molar-refractivity contribution in [2.45, 2.75) is 69.9 Å². The van der Waals surface area contributed by atoms with Crippen molar-refractivity contribution in [3.05, 3.63) is 76.3 Å². The van der Waals surface area contributed by atoms with E-state index in [2.05, 4.69) is 53.8 Å². The Morgan fingerprint density at radius 1 is 1.18 bits per heavy atom. The largest absolute Gasteiger partial charge is 0.494 e. The minimum Gasteiger partial charge on any atom is -0.494 e. The summed E-state index contributed by atoms with van der Waals surface area (Å²) in [6.07, 6.45) is 2.71. The first-order chi connectivity index (χ1) is 21.4. The van der Waals surface area contributed by atoms with Crippen molar-refractivity contribution in [1.29, 1.82) is 0 Å². The maximum Gasteiger partial charge on any atom is 0.304 e. The first kappa shape index (κ1) is 34.0. The number of ether oxygens (including phenoxy) is 2. The third kappa shape index (κ3) is 9.06. The zero-order valence-electron chi connectivity index (χ0n) is 26.8. The molecule has 0 spiro atoms. The molecule has 10 nitrogen and oxygen atoms in total.